The molecule has 1 N–H and O–H groups in total. The molecule has 1 rings (SSSR count). The van der Waals surface area contributed by atoms with Crippen molar-refractivity contribution in [3.8, 4) is 0 Å². The Labute approximate surface area is 135 Å². The second-order valence-electron chi connectivity index (χ2n) is 5.37. The molecule has 3 nitrogen and oxygen atoms in total. The summed E-state index contributed by atoms with van der Waals surface area (Å²) < 4.78 is 0. The fourth-order valence-corrected chi connectivity index (χ4v) is 1.98. The zero-order valence-corrected chi connectivity index (χ0v) is 14.1. The highest BCUT2D eigenvalue weighted by Gasteiger charge is 1.93. The molecule has 124 valence electrons. The van der Waals surface area contributed by atoms with E-state index in [9.17, 15) is 4.79 Å². The van der Waals surface area contributed by atoms with E-state index in [-0.39, 0.29) is 0 Å². The number of allylic oxidation sites excluding steroid dienone is 1. The molecule has 0 bridgehead atoms. The number of pyridine rings is 1. The molecule has 0 atom stereocenters. The summed E-state index contributed by atoms with van der Waals surface area (Å²) >= 11 is 0. The first-order valence-corrected chi connectivity index (χ1v) is 8.50. The van der Waals surface area contributed by atoms with Crippen LogP contribution in [0.1, 0.15) is 70.9 Å². The summed E-state index contributed by atoms with van der Waals surface area (Å²) in [5, 5.41) is 8.05. The molecule has 0 radical (unpaired) electrons. The fourth-order valence-electron chi connectivity index (χ4n) is 1.98. The largest absolute Gasteiger partial charge is 0.478 e. The van der Waals surface area contributed by atoms with E-state index in [1.165, 1.54) is 50.3 Å². The van der Waals surface area contributed by atoms with Crippen molar-refractivity contribution >= 4 is 5.97 Å². The van der Waals surface area contributed by atoms with Gasteiger partial charge in [-0.25, -0.2) is 4.79 Å². The highest BCUT2D eigenvalue weighted by molar-refractivity contribution is 5.79. The molecule has 0 unspecified atom stereocenters. The lowest BCUT2D eigenvalue weighted by Gasteiger charge is -2.00. The van der Waals surface area contributed by atoms with E-state index in [1.54, 1.807) is 6.08 Å². The molecule has 0 saturated heterocycles. The molecule has 0 aliphatic carbocycles. The molecule has 0 aromatic carbocycles. The molecule has 0 aliphatic rings. The maximum absolute atomic E-state index is 9.79. The zero-order chi connectivity index (χ0) is 16.5. The first-order chi connectivity index (χ1) is 10.7. The molecule has 0 amide bonds. The summed E-state index contributed by atoms with van der Waals surface area (Å²) in [6.45, 7) is 4.26. The molecule has 0 saturated carbocycles. The Morgan fingerprint density at radius 1 is 1.09 bits per heavy atom. The van der Waals surface area contributed by atoms with Gasteiger partial charge in [0, 0.05) is 18.0 Å². The molecule has 1 aromatic rings. The number of rotatable bonds is 10. The third-order valence-electron chi connectivity index (χ3n) is 3.23. The van der Waals surface area contributed by atoms with Crippen molar-refractivity contribution in [2.75, 3.05) is 0 Å². The molecule has 1 heterocycles. The quantitative estimate of drug-likeness (QED) is 0.464. The van der Waals surface area contributed by atoms with Crippen molar-refractivity contribution in [3.05, 3.63) is 42.2 Å². The first kappa shape index (κ1) is 20.4. The number of carbonyl (C=O) groups is 1. The van der Waals surface area contributed by atoms with Crippen LogP contribution in [-0.4, -0.2) is 16.1 Å². The van der Waals surface area contributed by atoms with E-state index in [1.807, 2.05) is 19.2 Å². The SMILES string of the molecule is CCCC=CC(=O)O.CCCCCCCCc1ccccn1. The van der Waals surface area contributed by atoms with Crippen molar-refractivity contribution in [1.82, 2.24) is 4.98 Å². The Bertz CT molecular complexity index is 388. The van der Waals surface area contributed by atoms with Gasteiger partial charge in [0.1, 0.15) is 0 Å². The van der Waals surface area contributed by atoms with E-state index in [2.05, 4.69) is 24.0 Å². The summed E-state index contributed by atoms with van der Waals surface area (Å²) in [4.78, 5) is 14.1. The number of aromatic nitrogens is 1. The molecule has 0 fully saturated rings. The Kier molecular flexibility index (Phi) is 14.6. The first-order valence-electron chi connectivity index (χ1n) is 8.50. The average Bonchev–Trinajstić information content (AvgIpc) is 2.52. The third kappa shape index (κ3) is 14.8. The summed E-state index contributed by atoms with van der Waals surface area (Å²) in [6, 6.07) is 6.16. The summed E-state index contributed by atoms with van der Waals surface area (Å²) in [5.41, 5.74) is 1.24. The number of hydrogen-bond acceptors (Lipinski definition) is 2. The van der Waals surface area contributed by atoms with Gasteiger partial charge >= 0.3 is 5.97 Å². The van der Waals surface area contributed by atoms with Crippen LogP contribution in [0.25, 0.3) is 0 Å². The molecular formula is C19H31NO2. The molecular weight excluding hydrogens is 274 g/mol. The Morgan fingerprint density at radius 2 is 1.82 bits per heavy atom. The fraction of sp³-hybridized carbons (Fsp3) is 0.579. The predicted octanol–water partition coefficient (Wildman–Crippen LogP) is 5.41. The standard InChI is InChI=1S/C13H21N.C6H10O2/c1-2-3-4-5-6-7-10-13-11-8-9-12-14-13;1-2-3-4-5-6(7)8/h8-9,11-12H,2-7,10H2,1H3;4-5H,2-3H2,1H3,(H,7,8). The van der Waals surface area contributed by atoms with Gasteiger partial charge < -0.3 is 5.11 Å². The normalized spacial score (nSPS) is 10.3. The third-order valence-corrected chi connectivity index (χ3v) is 3.23. The van der Waals surface area contributed by atoms with Gasteiger partial charge in [-0.05, 0) is 31.4 Å². The highest BCUT2D eigenvalue weighted by atomic mass is 16.4. The number of hydrogen-bond donors (Lipinski definition) is 1. The monoisotopic (exact) mass is 305 g/mol. The second kappa shape index (κ2) is 15.7. The van der Waals surface area contributed by atoms with Crippen LogP contribution in [-0.2, 0) is 11.2 Å². The number of nitrogens with zero attached hydrogens (tertiary/aromatic N) is 1. The lowest BCUT2D eigenvalue weighted by atomic mass is 10.1. The summed E-state index contributed by atoms with van der Waals surface area (Å²) in [5.74, 6) is -0.863. The average molecular weight is 305 g/mol. The minimum atomic E-state index is -0.863. The maximum Gasteiger partial charge on any atom is 0.327 e. The Morgan fingerprint density at radius 3 is 2.41 bits per heavy atom. The van der Waals surface area contributed by atoms with Gasteiger partial charge in [-0.15, -0.1) is 0 Å². The van der Waals surface area contributed by atoms with Gasteiger partial charge in [0.25, 0.3) is 0 Å². The minimum absolute atomic E-state index is 0.853. The Balaban J connectivity index is 0.000000472. The summed E-state index contributed by atoms with van der Waals surface area (Å²) in [6.07, 6.45) is 15.9. The number of unbranched alkanes of at least 4 members (excludes halogenated alkanes) is 6. The van der Waals surface area contributed by atoms with Gasteiger partial charge in [-0.3, -0.25) is 4.98 Å². The predicted molar refractivity (Wildman–Crippen MR) is 93.0 cm³/mol. The molecule has 22 heavy (non-hydrogen) atoms. The van der Waals surface area contributed by atoms with Crippen LogP contribution < -0.4 is 0 Å². The van der Waals surface area contributed by atoms with Crippen LogP contribution in [0, 0.1) is 0 Å². The van der Waals surface area contributed by atoms with Crippen LogP contribution in [0.2, 0.25) is 0 Å². The van der Waals surface area contributed by atoms with E-state index >= 15 is 0 Å². The van der Waals surface area contributed by atoms with Crippen LogP contribution in [0.15, 0.2) is 36.5 Å². The molecule has 3 heteroatoms. The number of aliphatic carboxylic acids is 1. The molecule has 0 spiro atoms. The van der Waals surface area contributed by atoms with E-state index in [0.29, 0.717) is 0 Å². The van der Waals surface area contributed by atoms with Crippen molar-refractivity contribution < 1.29 is 9.90 Å². The number of carboxylic acids is 1. The lowest BCUT2D eigenvalue weighted by molar-refractivity contribution is -0.131. The van der Waals surface area contributed by atoms with Crippen molar-refractivity contribution in [2.45, 2.75) is 71.6 Å². The smallest absolute Gasteiger partial charge is 0.327 e. The van der Waals surface area contributed by atoms with E-state index in [4.69, 9.17) is 5.11 Å². The number of carboxylic acid groups (broad SMARTS) is 1. The van der Waals surface area contributed by atoms with Crippen LogP contribution >= 0.6 is 0 Å². The molecule has 0 aliphatic heterocycles. The van der Waals surface area contributed by atoms with Gasteiger partial charge in [0.2, 0.25) is 0 Å². The van der Waals surface area contributed by atoms with Gasteiger partial charge in [-0.2, -0.15) is 0 Å². The Hall–Kier alpha value is -1.64. The van der Waals surface area contributed by atoms with Gasteiger partial charge in [0.05, 0.1) is 0 Å². The van der Waals surface area contributed by atoms with Crippen molar-refractivity contribution in [1.29, 1.82) is 0 Å². The van der Waals surface area contributed by atoms with Crippen LogP contribution in [0.4, 0.5) is 0 Å². The lowest BCUT2D eigenvalue weighted by Crippen LogP contribution is -1.88. The minimum Gasteiger partial charge on any atom is -0.478 e. The number of aryl methyl sites for hydroxylation is 1. The maximum atomic E-state index is 9.79. The topological polar surface area (TPSA) is 50.2 Å². The van der Waals surface area contributed by atoms with Gasteiger partial charge in [-0.1, -0.05) is 64.5 Å². The van der Waals surface area contributed by atoms with Crippen LogP contribution in [0.5, 0.6) is 0 Å². The van der Waals surface area contributed by atoms with Crippen molar-refractivity contribution in [2.24, 2.45) is 0 Å². The van der Waals surface area contributed by atoms with E-state index in [0.717, 1.165) is 19.3 Å². The van der Waals surface area contributed by atoms with Crippen LogP contribution in [0.3, 0.4) is 0 Å². The van der Waals surface area contributed by atoms with E-state index < -0.39 is 5.97 Å². The van der Waals surface area contributed by atoms with Crippen molar-refractivity contribution in [3.63, 3.8) is 0 Å². The second-order valence-corrected chi connectivity index (χ2v) is 5.37. The highest BCUT2D eigenvalue weighted by Crippen LogP contribution is 2.07. The zero-order valence-electron chi connectivity index (χ0n) is 14.1. The molecule has 1 aromatic heterocycles. The summed E-state index contributed by atoms with van der Waals surface area (Å²) in [7, 11) is 0. The van der Waals surface area contributed by atoms with Gasteiger partial charge in [0.15, 0.2) is 0 Å².